The van der Waals surface area contributed by atoms with Crippen LogP contribution in [-0.4, -0.2) is 33.3 Å². The van der Waals surface area contributed by atoms with Crippen LogP contribution in [0.3, 0.4) is 0 Å². The van der Waals surface area contributed by atoms with Gasteiger partial charge < -0.3 is 0 Å². The Labute approximate surface area is 122 Å². The van der Waals surface area contributed by atoms with Crippen LogP contribution in [0.5, 0.6) is 0 Å². The van der Waals surface area contributed by atoms with Crippen molar-refractivity contribution < 1.29 is 22.0 Å². The first-order valence-corrected chi connectivity index (χ1v) is 8.46. The molecule has 1 saturated carbocycles. The molecular formula is C15H16F2O3S. The van der Waals surface area contributed by atoms with Crippen LogP contribution in [0.4, 0.5) is 8.78 Å². The van der Waals surface area contributed by atoms with Gasteiger partial charge in [-0.05, 0) is 36.5 Å². The monoisotopic (exact) mass is 314 g/mol. The minimum atomic E-state index is -3.30. The highest BCUT2D eigenvalue weighted by Crippen LogP contribution is 2.33. The van der Waals surface area contributed by atoms with Crippen molar-refractivity contribution in [2.24, 2.45) is 5.92 Å². The average Bonchev–Trinajstić information content (AvgIpc) is 2.74. The second-order valence-electron chi connectivity index (χ2n) is 5.30. The van der Waals surface area contributed by atoms with Gasteiger partial charge in [0.2, 0.25) is 0 Å². The van der Waals surface area contributed by atoms with Crippen LogP contribution >= 0.6 is 0 Å². The summed E-state index contributed by atoms with van der Waals surface area (Å²) >= 11 is 0. The highest BCUT2D eigenvalue weighted by molar-refractivity contribution is 7.90. The van der Waals surface area contributed by atoms with Gasteiger partial charge in [-0.15, -0.1) is 0 Å². The number of carbonyl (C=O) groups excluding carboxylic acids is 1. The SMILES string of the molecule is CS(=O)(=O)c1ccc(/C(C=O)=C\C2C[C@@H](F)[C@@H](F)C2)cc1. The molecule has 0 saturated heterocycles. The lowest BCUT2D eigenvalue weighted by molar-refractivity contribution is -0.103. The van der Waals surface area contributed by atoms with Crippen molar-refractivity contribution in [3.63, 3.8) is 0 Å². The van der Waals surface area contributed by atoms with E-state index in [-0.39, 0.29) is 23.7 Å². The molecule has 0 bridgehead atoms. The standard InChI is InChI=1S/C15H16F2O3S/c1-21(19,20)13-4-2-11(3-5-13)12(9-18)6-10-7-14(16)15(17)8-10/h2-6,9-10,14-15H,7-8H2,1H3/b12-6-/t10?,14-,15+. The Kier molecular flexibility index (Phi) is 4.56. The van der Waals surface area contributed by atoms with Crippen LogP contribution in [0.15, 0.2) is 35.2 Å². The van der Waals surface area contributed by atoms with Crippen molar-refractivity contribution >= 4 is 21.7 Å². The summed E-state index contributed by atoms with van der Waals surface area (Å²) in [4.78, 5) is 11.3. The second-order valence-corrected chi connectivity index (χ2v) is 7.32. The van der Waals surface area contributed by atoms with Gasteiger partial charge in [-0.1, -0.05) is 18.2 Å². The number of hydrogen-bond acceptors (Lipinski definition) is 3. The first kappa shape index (κ1) is 15.8. The van der Waals surface area contributed by atoms with Crippen LogP contribution in [0, 0.1) is 5.92 Å². The summed E-state index contributed by atoms with van der Waals surface area (Å²) in [6, 6.07) is 5.86. The summed E-state index contributed by atoms with van der Waals surface area (Å²) in [5.74, 6) is -0.315. The summed E-state index contributed by atoms with van der Waals surface area (Å²) in [5.41, 5.74) is 0.858. The number of sulfone groups is 1. The fraction of sp³-hybridized carbons (Fsp3) is 0.400. The van der Waals surface area contributed by atoms with Gasteiger partial charge in [0.25, 0.3) is 0 Å². The zero-order chi connectivity index (χ0) is 15.6. The van der Waals surface area contributed by atoms with Crippen LogP contribution in [0.1, 0.15) is 18.4 Å². The highest BCUT2D eigenvalue weighted by Gasteiger charge is 2.33. The predicted octanol–water partition coefficient (Wildman–Crippen LogP) is 2.76. The molecular weight excluding hydrogens is 298 g/mol. The predicted molar refractivity (Wildman–Crippen MR) is 76.1 cm³/mol. The van der Waals surface area contributed by atoms with E-state index in [1.54, 1.807) is 6.08 Å². The molecule has 21 heavy (non-hydrogen) atoms. The first-order valence-electron chi connectivity index (χ1n) is 6.57. The minimum Gasteiger partial charge on any atom is -0.298 e. The Morgan fingerprint density at radius 2 is 1.67 bits per heavy atom. The Bertz CT molecular complexity index is 640. The van der Waals surface area contributed by atoms with E-state index < -0.39 is 22.2 Å². The molecule has 0 N–H and O–H groups in total. The number of carbonyl (C=O) groups is 1. The molecule has 1 aliphatic carbocycles. The molecule has 1 aliphatic rings. The largest absolute Gasteiger partial charge is 0.298 e. The summed E-state index contributed by atoms with van der Waals surface area (Å²) in [7, 11) is -3.30. The maximum absolute atomic E-state index is 13.1. The quantitative estimate of drug-likeness (QED) is 0.634. The number of allylic oxidation sites excluding steroid dienone is 2. The Balaban J connectivity index is 2.24. The first-order chi connectivity index (χ1) is 9.81. The lowest BCUT2D eigenvalue weighted by Gasteiger charge is -2.06. The van der Waals surface area contributed by atoms with E-state index in [9.17, 15) is 22.0 Å². The maximum Gasteiger partial charge on any atom is 0.175 e. The molecule has 0 aromatic heterocycles. The van der Waals surface area contributed by atoms with Crippen LogP contribution < -0.4 is 0 Å². The Hall–Kier alpha value is -1.56. The minimum absolute atomic E-state index is 0.0694. The van der Waals surface area contributed by atoms with Gasteiger partial charge in [0.1, 0.15) is 18.6 Å². The summed E-state index contributed by atoms with van der Waals surface area (Å²) in [5, 5.41) is 0. The van der Waals surface area contributed by atoms with E-state index in [4.69, 9.17) is 0 Å². The third-order valence-electron chi connectivity index (χ3n) is 3.61. The molecule has 2 rings (SSSR count). The van der Waals surface area contributed by atoms with Crippen LogP contribution in [0.25, 0.3) is 5.57 Å². The van der Waals surface area contributed by atoms with Gasteiger partial charge in [0, 0.05) is 11.8 Å². The van der Waals surface area contributed by atoms with E-state index >= 15 is 0 Å². The average molecular weight is 314 g/mol. The van der Waals surface area contributed by atoms with Crippen molar-refractivity contribution in [1.82, 2.24) is 0 Å². The lowest BCUT2D eigenvalue weighted by atomic mass is 9.99. The smallest absolute Gasteiger partial charge is 0.175 e. The molecule has 0 heterocycles. The molecule has 1 fully saturated rings. The van der Waals surface area contributed by atoms with Crippen LogP contribution in [0.2, 0.25) is 0 Å². The molecule has 3 atom stereocenters. The topological polar surface area (TPSA) is 51.2 Å². The van der Waals surface area contributed by atoms with Gasteiger partial charge in [-0.2, -0.15) is 0 Å². The molecule has 3 nitrogen and oxygen atoms in total. The summed E-state index contributed by atoms with van der Waals surface area (Å²) in [6.45, 7) is 0. The zero-order valence-electron chi connectivity index (χ0n) is 11.5. The van der Waals surface area contributed by atoms with Gasteiger partial charge in [-0.25, -0.2) is 17.2 Å². The van der Waals surface area contributed by atoms with E-state index in [0.29, 0.717) is 17.4 Å². The third kappa shape index (κ3) is 3.75. The number of hydrogen-bond donors (Lipinski definition) is 0. The highest BCUT2D eigenvalue weighted by atomic mass is 32.2. The molecule has 1 aromatic rings. The number of halogens is 2. The van der Waals surface area contributed by atoms with Gasteiger partial charge in [0.15, 0.2) is 9.84 Å². The van der Waals surface area contributed by atoms with Crippen molar-refractivity contribution in [1.29, 1.82) is 0 Å². The molecule has 0 aliphatic heterocycles. The third-order valence-corrected chi connectivity index (χ3v) is 4.73. The van der Waals surface area contributed by atoms with Crippen molar-refractivity contribution in [2.45, 2.75) is 30.1 Å². The number of alkyl halides is 2. The molecule has 0 amide bonds. The second kappa shape index (κ2) is 6.05. The fourth-order valence-corrected chi connectivity index (χ4v) is 3.09. The Morgan fingerprint density at radius 3 is 2.10 bits per heavy atom. The molecule has 6 heteroatoms. The van der Waals surface area contributed by atoms with Gasteiger partial charge >= 0.3 is 0 Å². The number of aldehydes is 1. The van der Waals surface area contributed by atoms with Crippen molar-refractivity contribution in [3.8, 4) is 0 Å². The zero-order valence-corrected chi connectivity index (χ0v) is 12.3. The van der Waals surface area contributed by atoms with E-state index in [1.807, 2.05) is 0 Å². The van der Waals surface area contributed by atoms with E-state index in [2.05, 4.69) is 0 Å². The number of rotatable bonds is 4. The Morgan fingerprint density at radius 1 is 1.14 bits per heavy atom. The molecule has 1 unspecified atom stereocenters. The normalized spacial score (nSPS) is 26.8. The molecule has 0 spiro atoms. The van der Waals surface area contributed by atoms with Gasteiger partial charge in [0.05, 0.1) is 4.90 Å². The molecule has 114 valence electrons. The summed E-state index contributed by atoms with van der Waals surface area (Å²) in [6.07, 6.45) is 0.459. The van der Waals surface area contributed by atoms with E-state index in [1.165, 1.54) is 24.3 Å². The lowest BCUT2D eigenvalue weighted by Crippen LogP contribution is -2.06. The van der Waals surface area contributed by atoms with Crippen molar-refractivity contribution in [3.05, 3.63) is 35.9 Å². The molecule has 1 aromatic carbocycles. The fourth-order valence-electron chi connectivity index (χ4n) is 2.46. The summed E-state index contributed by atoms with van der Waals surface area (Å²) < 4.78 is 49.0. The van der Waals surface area contributed by atoms with E-state index in [0.717, 1.165) is 6.26 Å². The van der Waals surface area contributed by atoms with Crippen molar-refractivity contribution in [2.75, 3.05) is 6.26 Å². The maximum atomic E-state index is 13.1. The number of benzene rings is 1. The molecule has 0 radical (unpaired) electrons. The van der Waals surface area contributed by atoms with Crippen LogP contribution in [-0.2, 0) is 14.6 Å². The van der Waals surface area contributed by atoms with Gasteiger partial charge in [-0.3, -0.25) is 4.79 Å².